The third kappa shape index (κ3) is 6.64. The average molecular weight is 611 g/mol. The van der Waals surface area contributed by atoms with Crippen molar-refractivity contribution in [1.82, 2.24) is 25.0 Å². The highest BCUT2D eigenvalue weighted by atomic mass is 16.5. The maximum Gasteiger partial charge on any atom is 0.274 e. The number of amides is 1. The molecule has 1 amide bonds. The van der Waals surface area contributed by atoms with Crippen molar-refractivity contribution in [2.45, 2.75) is 65.0 Å². The largest absolute Gasteiger partial charge is 0.506 e. The molecule has 0 unspecified atom stereocenters. The summed E-state index contributed by atoms with van der Waals surface area (Å²) < 4.78 is 6.06. The summed E-state index contributed by atoms with van der Waals surface area (Å²) in [6.45, 7) is 9.11. The van der Waals surface area contributed by atoms with Crippen molar-refractivity contribution in [3.8, 4) is 22.6 Å². The lowest BCUT2D eigenvalue weighted by atomic mass is 9.49. The van der Waals surface area contributed by atoms with Crippen LogP contribution in [-0.4, -0.2) is 81.9 Å². The Kier molecular flexibility index (Phi) is 8.14. The molecule has 9 heteroatoms. The molecule has 4 saturated carbocycles. The van der Waals surface area contributed by atoms with E-state index in [1.54, 1.807) is 12.3 Å². The Morgan fingerprint density at radius 3 is 2.29 bits per heavy atom. The van der Waals surface area contributed by atoms with Crippen molar-refractivity contribution in [2.75, 3.05) is 44.7 Å². The molecule has 5 aliphatic rings. The van der Waals surface area contributed by atoms with Gasteiger partial charge in [0.25, 0.3) is 5.91 Å². The maximum absolute atomic E-state index is 13.4. The molecule has 4 aliphatic carbocycles. The van der Waals surface area contributed by atoms with Gasteiger partial charge in [0.05, 0.1) is 12.3 Å². The second-order valence-corrected chi connectivity index (χ2v) is 14.6. The van der Waals surface area contributed by atoms with E-state index in [0.717, 1.165) is 85.3 Å². The van der Waals surface area contributed by atoms with Crippen molar-refractivity contribution < 1.29 is 14.6 Å². The third-order valence-electron chi connectivity index (χ3n) is 10.5. The molecule has 4 bridgehead atoms. The number of nitrogens with zero attached hydrogens (tertiary/aromatic N) is 6. The Morgan fingerprint density at radius 1 is 0.956 bits per heavy atom. The lowest BCUT2D eigenvalue weighted by Gasteiger charge is -2.57. The fourth-order valence-corrected chi connectivity index (χ4v) is 9.10. The molecule has 2 aromatic heterocycles. The topological polar surface area (TPSA) is 94.9 Å². The van der Waals surface area contributed by atoms with Crippen molar-refractivity contribution in [3.63, 3.8) is 0 Å². The SMILES string of the molecule is CC(C)Oc1cc(CN2CCN(c3ccc(C(=O)N(C)CC45CC6CC(CC(C6)C4)C5)nn3)CC2)cc(-c2cncc(O)c2)c1. The van der Waals surface area contributed by atoms with Gasteiger partial charge in [0, 0.05) is 58.1 Å². The molecule has 0 radical (unpaired) electrons. The first-order valence-electron chi connectivity index (χ1n) is 16.7. The van der Waals surface area contributed by atoms with Gasteiger partial charge in [-0.1, -0.05) is 0 Å². The first-order chi connectivity index (χ1) is 21.7. The second-order valence-electron chi connectivity index (χ2n) is 14.6. The molecule has 1 N–H and O–H groups in total. The summed E-state index contributed by atoms with van der Waals surface area (Å²) in [5.41, 5.74) is 3.73. The van der Waals surface area contributed by atoms with Crippen LogP contribution in [0, 0.1) is 23.2 Å². The molecule has 238 valence electrons. The number of pyridine rings is 1. The highest BCUT2D eigenvalue weighted by molar-refractivity contribution is 5.92. The Hall–Kier alpha value is -3.72. The quantitative estimate of drug-likeness (QED) is 0.333. The van der Waals surface area contributed by atoms with Gasteiger partial charge < -0.3 is 19.6 Å². The van der Waals surface area contributed by atoms with Gasteiger partial charge in [0.15, 0.2) is 11.5 Å². The standard InChI is InChI=1S/C36H46N6O3/c1-24(2)45-32-14-28(13-29(16-32)30-15-31(43)21-37-20-30)22-41-6-8-42(9-7-41)34-5-4-33(38-39-34)35(44)40(3)23-36-17-25-10-26(18-36)12-27(11-25)19-36/h4-5,13-16,20-21,24-27,43H,6-12,17-19,22-23H2,1-3H3. The number of aromatic nitrogens is 3. The number of aromatic hydroxyl groups is 1. The number of ether oxygens (including phenoxy) is 1. The van der Waals surface area contributed by atoms with E-state index in [2.05, 4.69) is 37.1 Å². The second kappa shape index (κ2) is 12.2. The van der Waals surface area contributed by atoms with Crippen LogP contribution in [0.1, 0.15) is 68.4 Å². The van der Waals surface area contributed by atoms with E-state index in [1.807, 2.05) is 44.0 Å². The number of benzene rings is 1. The molecule has 0 spiro atoms. The fraction of sp³-hybridized carbons (Fsp3) is 0.556. The van der Waals surface area contributed by atoms with Crippen LogP contribution in [0.15, 0.2) is 48.8 Å². The molecule has 3 heterocycles. The molecule has 45 heavy (non-hydrogen) atoms. The summed E-state index contributed by atoms with van der Waals surface area (Å²) in [6.07, 6.45) is 11.4. The summed E-state index contributed by atoms with van der Waals surface area (Å²) in [7, 11) is 1.95. The summed E-state index contributed by atoms with van der Waals surface area (Å²) in [5, 5.41) is 18.9. The minimum absolute atomic E-state index is 0.0147. The molecule has 5 fully saturated rings. The average Bonchev–Trinajstić information content (AvgIpc) is 3.00. The predicted octanol–water partition coefficient (Wildman–Crippen LogP) is 5.64. The summed E-state index contributed by atoms with van der Waals surface area (Å²) in [4.78, 5) is 24.1. The van der Waals surface area contributed by atoms with Gasteiger partial charge in [-0.25, -0.2) is 0 Å². The van der Waals surface area contributed by atoms with Crippen LogP contribution in [0.3, 0.4) is 0 Å². The number of piperazine rings is 1. The summed E-state index contributed by atoms with van der Waals surface area (Å²) >= 11 is 0. The first kappa shape index (κ1) is 30.0. The normalized spacial score (nSPS) is 26.0. The van der Waals surface area contributed by atoms with Gasteiger partial charge in [0.2, 0.25) is 0 Å². The monoisotopic (exact) mass is 610 g/mol. The molecule has 0 atom stereocenters. The minimum atomic E-state index is -0.0147. The number of hydrogen-bond donors (Lipinski definition) is 1. The van der Waals surface area contributed by atoms with Crippen LogP contribution in [-0.2, 0) is 6.54 Å². The molecule has 1 aromatic carbocycles. The third-order valence-corrected chi connectivity index (χ3v) is 10.5. The van der Waals surface area contributed by atoms with Crippen LogP contribution in [0.2, 0.25) is 0 Å². The molecule has 9 nitrogen and oxygen atoms in total. The fourth-order valence-electron chi connectivity index (χ4n) is 9.10. The van der Waals surface area contributed by atoms with E-state index in [4.69, 9.17) is 4.74 Å². The van der Waals surface area contributed by atoms with Gasteiger partial charge in [-0.15, -0.1) is 10.2 Å². The Balaban J connectivity index is 0.954. The van der Waals surface area contributed by atoms with Gasteiger partial charge in [-0.3, -0.25) is 14.7 Å². The highest BCUT2D eigenvalue weighted by Crippen LogP contribution is 2.60. The Labute approximate surface area is 266 Å². The lowest BCUT2D eigenvalue weighted by Crippen LogP contribution is -2.51. The molecule has 8 rings (SSSR count). The van der Waals surface area contributed by atoms with Crippen LogP contribution >= 0.6 is 0 Å². The molecular formula is C36H46N6O3. The van der Waals surface area contributed by atoms with E-state index in [0.29, 0.717) is 11.1 Å². The van der Waals surface area contributed by atoms with Crippen LogP contribution in [0.4, 0.5) is 5.82 Å². The van der Waals surface area contributed by atoms with Crippen molar-refractivity contribution in [1.29, 1.82) is 0 Å². The zero-order chi connectivity index (χ0) is 31.1. The molecule has 3 aromatic rings. The molecule has 1 saturated heterocycles. The predicted molar refractivity (Wildman–Crippen MR) is 174 cm³/mol. The van der Waals surface area contributed by atoms with E-state index in [9.17, 15) is 9.90 Å². The molecular weight excluding hydrogens is 564 g/mol. The number of anilines is 1. The Morgan fingerprint density at radius 2 is 1.67 bits per heavy atom. The number of carbonyl (C=O) groups excluding carboxylic acids is 1. The molecule has 1 aliphatic heterocycles. The van der Waals surface area contributed by atoms with E-state index in [1.165, 1.54) is 44.7 Å². The summed E-state index contributed by atoms with van der Waals surface area (Å²) in [5.74, 6) is 4.40. The first-order valence-corrected chi connectivity index (χ1v) is 16.7. The van der Waals surface area contributed by atoms with E-state index >= 15 is 0 Å². The number of rotatable bonds is 9. The zero-order valence-electron chi connectivity index (χ0n) is 26.9. The Bertz CT molecular complexity index is 1480. The van der Waals surface area contributed by atoms with Gasteiger partial charge >= 0.3 is 0 Å². The highest BCUT2D eigenvalue weighted by Gasteiger charge is 2.51. The van der Waals surface area contributed by atoms with Crippen LogP contribution in [0.5, 0.6) is 11.5 Å². The van der Waals surface area contributed by atoms with Crippen molar-refractivity contribution in [3.05, 3.63) is 60.0 Å². The van der Waals surface area contributed by atoms with Crippen LogP contribution in [0.25, 0.3) is 11.1 Å². The van der Waals surface area contributed by atoms with Crippen LogP contribution < -0.4 is 9.64 Å². The van der Waals surface area contributed by atoms with Crippen molar-refractivity contribution in [2.24, 2.45) is 23.2 Å². The zero-order valence-corrected chi connectivity index (χ0v) is 26.9. The van der Waals surface area contributed by atoms with Gasteiger partial charge in [0.1, 0.15) is 11.5 Å². The number of hydrogen-bond acceptors (Lipinski definition) is 8. The van der Waals surface area contributed by atoms with E-state index < -0.39 is 0 Å². The lowest BCUT2D eigenvalue weighted by molar-refractivity contribution is -0.0629. The van der Waals surface area contributed by atoms with Gasteiger partial charge in [-0.2, -0.15) is 0 Å². The minimum Gasteiger partial charge on any atom is -0.506 e. The maximum atomic E-state index is 13.4. The number of carbonyl (C=O) groups is 1. The van der Waals surface area contributed by atoms with Crippen molar-refractivity contribution >= 4 is 11.7 Å². The smallest absolute Gasteiger partial charge is 0.274 e. The summed E-state index contributed by atoms with van der Waals surface area (Å²) in [6, 6.07) is 11.8. The van der Waals surface area contributed by atoms with Gasteiger partial charge in [-0.05, 0) is 123 Å². The van der Waals surface area contributed by atoms with E-state index in [-0.39, 0.29) is 17.8 Å².